The average molecular weight is 296 g/mol. The number of benzene rings is 1. The first-order valence-corrected chi connectivity index (χ1v) is 6.27. The molecule has 6 heteroatoms. The van der Waals surface area contributed by atoms with Crippen LogP contribution in [0, 0.1) is 0 Å². The lowest BCUT2D eigenvalue weighted by Crippen LogP contribution is -2.13. The summed E-state index contributed by atoms with van der Waals surface area (Å²) in [5, 5.41) is 6.28. The fourth-order valence-electron chi connectivity index (χ4n) is 1.51. The lowest BCUT2D eigenvalue weighted by Gasteiger charge is -2.08. The van der Waals surface area contributed by atoms with Crippen molar-refractivity contribution in [2.45, 2.75) is 0 Å². The monoisotopic (exact) mass is 295 g/mol. The van der Waals surface area contributed by atoms with Crippen LogP contribution in [0.4, 0.5) is 11.5 Å². The topological polar surface area (TPSA) is 54.0 Å². The molecular weight excluding hydrogens is 285 g/mol. The van der Waals surface area contributed by atoms with E-state index >= 15 is 0 Å². The van der Waals surface area contributed by atoms with Gasteiger partial charge in [-0.25, -0.2) is 4.98 Å². The molecule has 1 aromatic heterocycles. The van der Waals surface area contributed by atoms with Crippen LogP contribution in [-0.2, 0) is 0 Å². The highest BCUT2D eigenvalue weighted by atomic mass is 35.5. The molecule has 0 aliphatic heterocycles. The third kappa shape index (κ3) is 3.36. The van der Waals surface area contributed by atoms with Gasteiger partial charge in [-0.3, -0.25) is 4.79 Å². The number of nitrogens with one attached hydrogen (secondary N) is 2. The molecule has 1 aromatic carbocycles. The van der Waals surface area contributed by atoms with E-state index in [0.29, 0.717) is 22.1 Å². The predicted octanol–water partition coefficient (Wildman–Crippen LogP) is 3.68. The summed E-state index contributed by atoms with van der Waals surface area (Å²) in [6.07, 6.45) is 0. The SMILES string of the molecule is CNc1cc(C(=O)Nc2ccccc2Cl)cc(Cl)n1. The molecule has 1 heterocycles. The van der Waals surface area contributed by atoms with E-state index in [1.807, 2.05) is 0 Å². The first-order valence-electron chi connectivity index (χ1n) is 5.51. The van der Waals surface area contributed by atoms with E-state index < -0.39 is 0 Å². The Balaban J connectivity index is 2.25. The van der Waals surface area contributed by atoms with Gasteiger partial charge >= 0.3 is 0 Å². The summed E-state index contributed by atoms with van der Waals surface area (Å²) in [5.74, 6) is 0.228. The number of hydrogen-bond acceptors (Lipinski definition) is 3. The van der Waals surface area contributed by atoms with E-state index in [1.54, 1.807) is 37.4 Å². The lowest BCUT2D eigenvalue weighted by molar-refractivity contribution is 0.102. The maximum Gasteiger partial charge on any atom is 0.255 e. The van der Waals surface area contributed by atoms with Crippen molar-refractivity contribution in [3.63, 3.8) is 0 Å². The Kier molecular flexibility index (Phi) is 4.24. The normalized spacial score (nSPS) is 10.1. The van der Waals surface area contributed by atoms with Crippen molar-refractivity contribution in [2.24, 2.45) is 0 Å². The van der Waals surface area contributed by atoms with Gasteiger partial charge in [-0.15, -0.1) is 0 Å². The second-order valence-electron chi connectivity index (χ2n) is 3.75. The van der Waals surface area contributed by atoms with Gasteiger partial charge in [-0.1, -0.05) is 35.3 Å². The largest absolute Gasteiger partial charge is 0.373 e. The molecule has 0 bridgehead atoms. The van der Waals surface area contributed by atoms with E-state index in [4.69, 9.17) is 23.2 Å². The van der Waals surface area contributed by atoms with Crippen LogP contribution in [0.5, 0.6) is 0 Å². The Bertz CT molecular complexity index is 617. The Morgan fingerprint density at radius 3 is 2.63 bits per heavy atom. The van der Waals surface area contributed by atoms with Crippen molar-refractivity contribution in [2.75, 3.05) is 17.7 Å². The maximum atomic E-state index is 12.1. The summed E-state index contributed by atoms with van der Waals surface area (Å²) in [7, 11) is 1.70. The zero-order valence-electron chi connectivity index (χ0n) is 10.1. The molecule has 0 fully saturated rings. The second-order valence-corrected chi connectivity index (χ2v) is 4.54. The quantitative estimate of drug-likeness (QED) is 0.849. The first kappa shape index (κ1) is 13.6. The molecule has 0 spiro atoms. The summed E-state index contributed by atoms with van der Waals surface area (Å²) < 4.78 is 0. The van der Waals surface area contributed by atoms with Gasteiger partial charge in [-0.05, 0) is 24.3 Å². The fraction of sp³-hybridized carbons (Fsp3) is 0.0769. The summed E-state index contributed by atoms with van der Waals surface area (Å²) in [6.45, 7) is 0. The number of halogens is 2. The van der Waals surface area contributed by atoms with Crippen LogP contribution in [-0.4, -0.2) is 17.9 Å². The van der Waals surface area contributed by atoms with Gasteiger partial charge in [0.05, 0.1) is 10.7 Å². The van der Waals surface area contributed by atoms with Gasteiger partial charge in [-0.2, -0.15) is 0 Å². The Hall–Kier alpha value is -1.78. The fourth-order valence-corrected chi connectivity index (χ4v) is 1.90. The van der Waals surface area contributed by atoms with Crippen LogP contribution >= 0.6 is 23.2 Å². The third-order valence-corrected chi connectivity index (χ3v) is 2.96. The zero-order valence-corrected chi connectivity index (χ0v) is 11.6. The summed E-state index contributed by atoms with van der Waals surface area (Å²) in [4.78, 5) is 16.1. The molecule has 2 aromatic rings. The smallest absolute Gasteiger partial charge is 0.255 e. The van der Waals surface area contributed by atoms with Crippen molar-refractivity contribution < 1.29 is 4.79 Å². The molecule has 98 valence electrons. The van der Waals surface area contributed by atoms with Gasteiger partial charge in [0.2, 0.25) is 0 Å². The Labute approximate surface area is 120 Å². The molecule has 0 radical (unpaired) electrons. The predicted molar refractivity (Wildman–Crippen MR) is 78.2 cm³/mol. The number of para-hydroxylation sites is 1. The number of amides is 1. The molecule has 0 unspecified atom stereocenters. The van der Waals surface area contributed by atoms with Crippen LogP contribution < -0.4 is 10.6 Å². The summed E-state index contributed by atoms with van der Waals surface area (Å²) >= 11 is 11.8. The van der Waals surface area contributed by atoms with E-state index in [0.717, 1.165) is 0 Å². The highest BCUT2D eigenvalue weighted by Crippen LogP contribution is 2.22. The number of rotatable bonds is 3. The van der Waals surface area contributed by atoms with Gasteiger partial charge in [0.15, 0.2) is 0 Å². The molecule has 1 amide bonds. The van der Waals surface area contributed by atoms with Crippen LogP contribution in [0.3, 0.4) is 0 Å². The molecule has 2 N–H and O–H groups in total. The second kappa shape index (κ2) is 5.91. The highest BCUT2D eigenvalue weighted by Gasteiger charge is 2.10. The molecule has 4 nitrogen and oxygen atoms in total. The molecule has 0 aliphatic carbocycles. The zero-order chi connectivity index (χ0) is 13.8. The molecule has 2 rings (SSSR count). The standard InChI is InChI=1S/C13H11Cl2N3O/c1-16-12-7-8(6-11(15)18-12)13(19)17-10-5-3-2-4-9(10)14/h2-7H,1H3,(H,16,18)(H,17,19). The minimum absolute atomic E-state index is 0.246. The van der Waals surface area contributed by atoms with Crippen molar-refractivity contribution in [3.8, 4) is 0 Å². The van der Waals surface area contributed by atoms with E-state index in [2.05, 4.69) is 15.6 Å². The minimum Gasteiger partial charge on any atom is -0.373 e. The van der Waals surface area contributed by atoms with E-state index in [-0.39, 0.29) is 11.1 Å². The molecule has 19 heavy (non-hydrogen) atoms. The summed E-state index contributed by atoms with van der Waals surface area (Å²) in [6, 6.07) is 10.1. The van der Waals surface area contributed by atoms with Crippen molar-refractivity contribution in [1.82, 2.24) is 4.98 Å². The van der Waals surface area contributed by atoms with Crippen molar-refractivity contribution in [1.29, 1.82) is 0 Å². The van der Waals surface area contributed by atoms with Gasteiger partial charge < -0.3 is 10.6 Å². The highest BCUT2D eigenvalue weighted by molar-refractivity contribution is 6.34. The van der Waals surface area contributed by atoms with E-state index in [9.17, 15) is 4.79 Å². The van der Waals surface area contributed by atoms with Crippen molar-refractivity contribution in [3.05, 3.63) is 52.1 Å². The number of hydrogen-bond donors (Lipinski definition) is 2. The minimum atomic E-state index is -0.297. The lowest BCUT2D eigenvalue weighted by atomic mass is 10.2. The number of pyridine rings is 1. The van der Waals surface area contributed by atoms with Gasteiger partial charge in [0.25, 0.3) is 5.91 Å². The molecule has 0 saturated heterocycles. The van der Waals surface area contributed by atoms with E-state index in [1.165, 1.54) is 6.07 Å². The van der Waals surface area contributed by atoms with Gasteiger partial charge in [0, 0.05) is 12.6 Å². The molecule has 0 saturated carbocycles. The first-order chi connectivity index (χ1) is 9.10. The van der Waals surface area contributed by atoms with Crippen LogP contribution in [0.1, 0.15) is 10.4 Å². The Morgan fingerprint density at radius 2 is 1.95 bits per heavy atom. The number of nitrogens with zero attached hydrogens (tertiary/aromatic N) is 1. The average Bonchev–Trinajstić information content (AvgIpc) is 2.40. The van der Waals surface area contributed by atoms with Crippen molar-refractivity contribution >= 4 is 40.6 Å². The summed E-state index contributed by atoms with van der Waals surface area (Å²) in [5.41, 5.74) is 0.956. The molecular formula is C13H11Cl2N3O. The van der Waals surface area contributed by atoms with Crippen LogP contribution in [0.15, 0.2) is 36.4 Å². The van der Waals surface area contributed by atoms with Crippen LogP contribution in [0.25, 0.3) is 0 Å². The van der Waals surface area contributed by atoms with Gasteiger partial charge in [0.1, 0.15) is 11.0 Å². The van der Waals surface area contributed by atoms with Crippen LogP contribution in [0.2, 0.25) is 10.2 Å². The molecule has 0 aliphatic rings. The number of anilines is 2. The number of aromatic nitrogens is 1. The number of carbonyl (C=O) groups excluding carboxylic acids is 1. The third-order valence-electron chi connectivity index (χ3n) is 2.43. The molecule has 0 atom stereocenters. The number of carbonyl (C=O) groups is 1. The maximum absolute atomic E-state index is 12.1. The Morgan fingerprint density at radius 1 is 1.21 bits per heavy atom.